The van der Waals surface area contributed by atoms with Crippen molar-refractivity contribution in [3.8, 4) is 5.75 Å². The van der Waals surface area contributed by atoms with Gasteiger partial charge in [-0.15, -0.1) is 11.3 Å². The van der Waals surface area contributed by atoms with E-state index < -0.39 is 6.04 Å². The number of aryl methyl sites for hydroxylation is 2. The Morgan fingerprint density at radius 2 is 2.06 bits per heavy atom. The summed E-state index contributed by atoms with van der Waals surface area (Å²) in [5.41, 5.74) is 2.45. The Bertz CT molecular complexity index is 1200. The molecule has 0 radical (unpaired) electrons. The van der Waals surface area contributed by atoms with E-state index in [0.29, 0.717) is 23.7 Å². The first-order valence-electron chi connectivity index (χ1n) is 10.1. The van der Waals surface area contributed by atoms with Gasteiger partial charge in [-0.2, -0.15) is 0 Å². The van der Waals surface area contributed by atoms with E-state index in [1.165, 1.54) is 29.0 Å². The van der Waals surface area contributed by atoms with Gasteiger partial charge in [0.1, 0.15) is 35.0 Å². The van der Waals surface area contributed by atoms with Gasteiger partial charge in [-0.3, -0.25) is 4.79 Å². The maximum Gasteiger partial charge on any atom is 0.226 e. The Kier molecular flexibility index (Phi) is 6.61. The number of rotatable bonds is 8. The molecule has 4 aromatic rings. The van der Waals surface area contributed by atoms with Crippen molar-refractivity contribution in [1.29, 1.82) is 0 Å². The summed E-state index contributed by atoms with van der Waals surface area (Å²) in [5.74, 6) is 0.805. The second-order valence-electron chi connectivity index (χ2n) is 7.46. The van der Waals surface area contributed by atoms with Gasteiger partial charge >= 0.3 is 0 Å². The van der Waals surface area contributed by atoms with Crippen molar-refractivity contribution in [3.63, 3.8) is 0 Å². The zero-order valence-electron chi connectivity index (χ0n) is 17.8. The lowest BCUT2D eigenvalue weighted by atomic mass is 10.1. The number of halogens is 1. The van der Waals surface area contributed by atoms with Crippen molar-refractivity contribution >= 4 is 17.2 Å². The van der Waals surface area contributed by atoms with E-state index in [2.05, 4.69) is 15.3 Å². The standard InChI is InChI=1S/C24H23FN4O2S/c1-16-6-8-20(9-7-16)31-14-22-27-19(15-32-22)13-21(30)28-23(24-26-10-11-29(24)2)17-4-3-5-18(25)12-17/h3-12,15,23H,13-14H2,1-2H3,(H,28,30). The van der Waals surface area contributed by atoms with Crippen LogP contribution >= 0.6 is 11.3 Å². The molecule has 1 atom stereocenters. The number of benzene rings is 2. The highest BCUT2D eigenvalue weighted by Gasteiger charge is 2.22. The third-order valence-electron chi connectivity index (χ3n) is 4.93. The first-order chi connectivity index (χ1) is 15.5. The van der Waals surface area contributed by atoms with E-state index in [-0.39, 0.29) is 18.1 Å². The summed E-state index contributed by atoms with van der Waals surface area (Å²) in [6, 6.07) is 13.4. The summed E-state index contributed by atoms with van der Waals surface area (Å²) in [5, 5.41) is 5.61. The molecule has 0 saturated carbocycles. The van der Waals surface area contributed by atoms with E-state index in [9.17, 15) is 9.18 Å². The number of nitrogens with zero attached hydrogens (tertiary/aromatic N) is 3. The molecule has 0 aliphatic heterocycles. The molecule has 0 spiro atoms. The zero-order chi connectivity index (χ0) is 22.5. The maximum absolute atomic E-state index is 13.8. The van der Waals surface area contributed by atoms with Crippen LogP contribution in [0.3, 0.4) is 0 Å². The summed E-state index contributed by atoms with van der Waals surface area (Å²) in [4.78, 5) is 21.6. The van der Waals surface area contributed by atoms with Crippen LogP contribution in [0.4, 0.5) is 4.39 Å². The van der Waals surface area contributed by atoms with Gasteiger partial charge in [0.05, 0.1) is 12.1 Å². The minimum absolute atomic E-state index is 0.108. The van der Waals surface area contributed by atoms with E-state index in [4.69, 9.17) is 4.74 Å². The fourth-order valence-electron chi connectivity index (χ4n) is 3.29. The van der Waals surface area contributed by atoms with E-state index in [0.717, 1.165) is 10.8 Å². The van der Waals surface area contributed by atoms with E-state index >= 15 is 0 Å². The number of thiazole rings is 1. The Morgan fingerprint density at radius 3 is 2.78 bits per heavy atom. The van der Waals surface area contributed by atoms with Gasteiger partial charge in [-0.1, -0.05) is 29.8 Å². The van der Waals surface area contributed by atoms with Crippen molar-refractivity contribution in [1.82, 2.24) is 19.9 Å². The second-order valence-corrected chi connectivity index (χ2v) is 8.41. The molecule has 0 fully saturated rings. The predicted octanol–water partition coefficient (Wildman–Crippen LogP) is 4.35. The van der Waals surface area contributed by atoms with Gasteiger partial charge in [-0.25, -0.2) is 14.4 Å². The Balaban J connectivity index is 1.41. The number of hydrogen-bond acceptors (Lipinski definition) is 5. The normalized spacial score (nSPS) is 11.8. The molecule has 2 heterocycles. The number of hydrogen-bond donors (Lipinski definition) is 1. The number of nitrogens with one attached hydrogen (secondary N) is 1. The van der Waals surface area contributed by atoms with Gasteiger partial charge in [-0.05, 0) is 36.8 Å². The topological polar surface area (TPSA) is 69.0 Å². The van der Waals surface area contributed by atoms with Crippen molar-refractivity contribution in [3.05, 3.63) is 99.8 Å². The fourth-order valence-corrected chi connectivity index (χ4v) is 4.00. The lowest BCUT2D eigenvalue weighted by Crippen LogP contribution is -2.32. The van der Waals surface area contributed by atoms with Crippen molar-refractivity contribution in [2.45, 2.75) is 26.0 Å². The molecule has 32 heavy (non-hydrogen) atoms. The zero-order valence-corrected chi connectivity index (χ0v) is 18.6. The average molecular weight is 451 g/mol. The minimum atomic E-state index is -0.568. The molecule has 8 heteroatoms. The number of ether oxygens (including phenoxy) is 1. The van der Waals surface area contributed by atoms with Crippen LogP contribution < -0.4 is 10.1 Å². The molecule has 1 N–H and O–H groups in total. The van der Waals surface area contributed by atoms with Crippen LogP contribution in [0.15, 0.2) is 66.3 Å². The van der Waals surface area contributed by atoms with E-state index in [1.54, 1.807) is 29.1 Å². The second kappa shape index (κ2) is 9.74. The Hall–Kier alpha value is -3.52. The number of amides is 1. The van der Waals surface area contributed by atoms with Crippen LogP contribution in [-0.4, -0.2) is 20.4 Å². The summed E-state index contributed by atoms with van der Waals surface area (Å²) in [6.45, 7) is 2.36. The molecular formula is C24H23FN4O2S. The monoisotopic (exact) mass is 450 g/mol. The summed E-state index contributed by atoms with van der Waals surface area (Å²) >= 11 is 1.45. The molecule has 4 rings (SSSR count). The van der Waals surface area contributed by atoms with Crippen LogP contribution in [0.1, 0.15) is 33.7 Å². The van der Waals surface area contributed by atoms with Crippen LogP contribution in [0.2, 0.25) is 0 Å². The highest BCUT2D eigenvalue weighted by Crippen LogP contribution is 2.22. The van der Waals surface area contributed by atoms with Crippen LogP contribution in [0.5, 0.6) is 5.75 Å². The van der Waals surface area contributed by atoms with Gasteiger partial charge in [0.2, 0.25) is 5.91 Å². The highest BCUT2D eigenvalue weighted by atomic mass is 32.1. The highest BCUT2D eigenvalue weighted by molar-refractivity contribution is 7.09. The molecule has 0 bridgehead atoms. The van der Waals surface area contributed by atoms with Gasteiger partial charge in [0.25, 0.3) is 0 Å². The largest absolute Gasteiger partial charge is 0.486 e. The first kappa shape index (κ1) is 21.7. The van der Waals surface area contributed by atoms with E-state index in [1.807, 2.05) is 43.6 Å². The predicted molar refractivity (Wildman–Crippen MR) is 121 cm³/mol. The molecule has 0 saturated heterocycles. The molecule has 2 aromatic carbocycles. The van der Waals surface area contributed by atoms with Crippen LogP contribution in [0.25, 0.3) is 0 Å². The number of carbonyl (C=O) groups excluding carboxylic acids is 1. The molecule has 2 aromatic heterocycles. The molecule has 1 unspecified atom stereocenters. The number of imidazole rings is 1. The Morgan fingerprint density at radius 1 is 1.25 bits per heavy atom. The van der Waals surface area contributed by atoms with Crippen molar-refractivity contribution in [2.24, 2.45) is 7.05 Å². The molecule has 0 aliphatic rings. The molecular weight excluding hydrogens is 427 g/mol. The smallest absolute Gasteiger partial charge is 0.226 e. The lowest BCUT2D eigenvalue weighted by Gasteiger charge is -2.19. The first-order valence-corrected chi connectivity index (χ1v) is 11.0. The molecule has 0 aliphatic carbocycles. The lowest BCUT2D eigenvalue weighted by molar-refractivity contribution is -0.121. The molecule has 1 amide bonds. The van der Waals surface area contributed by atoms with Crippen LogP contribution in [-0.2, 0) is 24.9 Å². The summed E-state index contributed by atoms with van der Waals surface area (Å²) < 4.78 is 21.4. The minimum Gasteiger partial charge on any atom is -0.486 e. The van der Waals surface area contributed by atoms with Gasteiger partial charge in [0, 0.05) is 24.8 Å². The van der Waals surface area contributed by atoms with Gasteiger partial charge in [0.15, 0.2) is 0 Å². The quantitative estimate of drug-likeness (QED) is 0.433. The Labute approximate surface area is 189 Å². The number of carbonyl (C=O) groups is 1. The molecule has 164 valence electrons. The van der Waals surface area contributed by atoms with Crippen molar-refractivity contribution < 1.29 is 13.9 Å². The molecule has 6 nitrogen and oxygen atoms in total. The van der Waals surface area contributed by atoms with Gasteiger partial charge < -0.3 is 14.6 Å². The fraction of sp³-hybridized carbons (Fsp3) is 0.208. The summed E-state index contributed by atoms with van der Waals surface area (Å²) in [6.07, 6.45) is 3.54. The summed E-state index contributed by atoms with van der Waals surface area (Å²) in [7, 11) is 1.83. The van der Waals surface area contributed by atoms with Crippen LogP contribution in [0, 0.1) is 12.7 Å². The number of aromatic nitrogens is 3. The third-order valence-corrected chi connectivity index (χ3v) is 5.80. The average Bonchev–Trinajstić information content (AvgIpc) is 3.40. The third kappa shape index (κ3) is 5.39. The SMILES string of the molecule is Cc1ccc(OCc2nc(CC(=O)NC(c3cccc(F)c3)c3nccn3C)cs2)cc1. The van der Waals surface area contributed by atoms with Crippen molar-refractivity contribution in [2.75, 3.05) is 0 Å². The maximum atomic E-state index is 13.8.